The fourth-order valence-electron chi connectivity index (χ4n) is 1.45. The summed E-state index contributed by atoms with van der Waals surface area (Å²) in [6, 6.07) is 4.30. The Labute approximate surface area is 140 Å². The fourth-order valence-corrected chi connectivity index (χ4v) is 1.45. The van der Waals surface area contributed by atoms with E-state index in [1.807, 2.05) is 0 Å². The minimum atomic E-state index is -4.96. The van der Waals surface area contributed by atoms with E-state index in [2.05, 4.69) is 4.74 Å². The second kappa shape index (κ2) is 6.94. The molecule has 1 rings (SSSR count). The van der Waals surface area contributed by atoms with Gasteiger partial charge in [0.2, 0.25) is 0 Å². The quantitative estimate of drug-likeness (QED) is 0.557. The third-order valence-electron chi connectivity index (χ3n) is 2.12. The Morgan fingerprint density at radius 1 is 1.35 bits per heavy atom. The number of halogens is 3. The maximum Gasteiger partial charge on any atom is 1.00 e. The molecule has 0 spiro atoms. The molecule has 0 radical (unpaired) electrons. The van der Waals surface area contributed by atoms with Crippen molar-refractivity contribution in [1.82, 2.24) is 0 Å². The Morgan fingerprint density at radius 3 is 2.41 bits per heavy atom. The topological polar surface area (TPSA) is 26.3 Å². The van der Waals surface area contributed by atoms with Crippen LogP contribution < -0.4 is 51.4 Å². The zero-order chi connectivity index (χ0) is 12.3. The summed E-state index contributed by atoms with van der Waals surface area (Å²) in [5.41, 5.74) is 0.634. The van der Waals surface area contributed by atoms with Gasteiger partial charge in [0.25, 0.3) is 0 Å². The van der Waals surface area contributed by atoms with Crippen molar-refractivity contribution in [3.05, 3.63) is 34.9 Å². The molecule has 0 amide bonds. The van der Waals surface area contributed by atoms with Crippen molar-refractivity contribution in [2.45, 2.75) is 13.2 Å². The number of ether oxygens (including phenoxy) is 1. The molecule has 1 aromatic carbocycles. The molecule has 0 saturated heterocycles. The SMILES string of the molecule is COC(=O)c1ccc(C)cc1C[B-](F)(F)F.[K+]. The second-order valence-corrected chi connectivity index (χ2v) is 3.57. The molecule has 88 valence electrons. The van der Waals surface area contributed by atoms with Crippen molar-refractivity contribution in [2.75, 3.05) is 7.11 Å². The molecule has 0 bridgehead atoms. The van der Waals surface area contributed by atoms with Gasteiger partial charge in [-0.25, -0.2) is 4.79 Å². The summed E-state index contributed by atoms with van der Waals surface area (Å²) in [4.78, 5) is 11.2. The first-order chi connectivity index (χ1) is 7.33. The first-order valence-electron chi connectivity index (χ1n) is 4.72. The van der Waals surface area contributed by atoms with Gasteiger partial charge in [0.1, 0.15) is 0 Å². The third-order valence-corrected chi connectivity index (χ3v) is 2.12. The first-order valence-corrected chi connectivity index (χ1v) is 4.72. The summed E-state index contributed by atoms with van der Waals surface area (Å²) in [7, 11) is 1.14. The molecule has 0 heterocycles. The van der Waals surface area contributed by atoms with Crippen LogP contribution in [0.25, 0.3) is 0 Å². The maximum atomic E-state index is 12.3. The van der Waals surface area contributed by atoms with Crippen molar-refractivity contribution in [2.24, 2.45) is 0 Å². The number of carbonyl (C=O) groups is 1. The van der Waals surface area contributed by atoms with Gasteiger partial charge >= 0.3 is 64.3 Å². The van der Waals surface area contributed by atoms with Crippen LogP contribution in [0, 0.1) is 6.92 Å². The van der Waals surface area contributed by atoms with Crippen LogP contribution in [0.3, 0.4) is 0 Å². The summed E-state index contributed by atoms with van der Waals surface area (Å²) in [6.07, 6.45) is -1.06. The van der Waals surface area contributed by atoms with Gasteiger partial charge < -0.3 is 17.7 Å². The second-order valence-electron chi connectivity index (χ2n) is 3.57. The predicted molar refractivity (Wildman–Crippen MR) is 55.3 cm³/mol. The third kappa shape index (κ3) is 5.57. The fraction of sp³-hybridized carbons (Fsp3) is 0.300. The Kier molecular flexibility index (Phi) is 7.01. The molecule has 0 aliphatic rings. The zero-order valence-electron chi connectivity index (χ0n) is 9.97. The van der Waals surface area contributed by atoms with E-state index in [1.54, 1.807) is 13.0 Å². The molecule has 2 nitrogen and oxygen atoms in total. The Balaban J connectivity index is 0.00000256. The summed E-state index contributed by atoms with van der Waals surface area (Å²) in [5, 5.41) is 0. The van der Waals surface area contributed by atoms with Crippen LogP contribution in [0.2, 0.25) is 0 Å². The molecule has 0 aliphatic heterocycles. The molecule has 1 aromatic rings. The van der Waals surface area contributed by atoms with E-state index in [0.717, 1.165) is 7.11 Å². The molecule has 7 heteroatoms. The van der Waals surface area contributed by atoms with Crippen molar-refractivity contribution < 1.29 is 73.9 Å². The molecule has 0 aromatic heterocycles. The van der Waals surface area contributed by atoms with Gasteiger partial charge in [-0.2, -0.15) is 0 Å². The van der Waals surface area contributed by atoms with Gasteiger partial charge in [-0.3, -0.25) is 0 Å². The summed E-state index contributed by atoms with van der Waals surface area (Å²) < 4.78 is 41.4. The van der Waals surface area contributed by atoms with E-state index in [0.29, 0.717) is 5.56 Å². The number of methoxy groups -OCH3 is 1. The molecule has 0 aliphatic carbocycles. The van der Waals surface area contributed by atoms with Crippen LogP contribution in [0.5, 0.6) is 0 Å². The van der Waals surface area contributed by atoms with E-state index >= 15 is 0 Å². The van der Waals surface area contributed by atoms with E-state index in [-0.39, 0.29) is 62.5 Å². The standard InChI is InChI=1S/C10H11BF3O2.K/c1-7-3-4-9(10(15)16-2)8(5-7)6-11(12,13)14;/h3-5H,6H2,1-2H3;/q-1;+1. The van der Waals surface area contributed by atoms with Crippen molar-refractivity contribution in [3.63, 3.8) is 0 Å². The smallest absolute Gasteiger partial charge is 0.465 e. The van der Waals surface area contributed by atoms with Crippen LogP contribution in [-0.2, 0) is 11.1 Å². The largest absolute Gasteiger partial charge is 1.00 e. The van der Waals surface area contributed by atoms with E-state index in [4.69, 9.17) is 0 Å². The Morgan fingerprint density at radius 2 is 1.94 bits per heavy atom. The summed E-state index contributed by atoms with van der Waals surface area (Å²) in [5.74, 6) is -0.741. The first kappa shape index (κ1) is 17.2. The predicted octanol–water partition coefficient (Wildman–Crippen LogP) is -0.285. The van der Waals surface area contributed by atoms with Crippen molar-refractivity contribution in [3.8, 4) is 0 Å². The molecule has 0 unspecified atom stereocenters. The number of esters is 1. The van der Waals surface area contributed by atoms with Gasteiger partial charge in [-0.05, 0) is 13.0 Å². The number of carbonyl (C=O) groups excluding carboxylic acids is 1. The molecular weight excluding hydrogens is 259 g/mol. The molecule has 0 fully saturated rings. The maximum absolute atomic E-state index is 12.3. The van der Waals surface area contributed by atoms with Crippen molar-refractivity contribution in [1.29, 1.82) is 0 Å². The number of hydrogen-bond acceptors (Lipinski definition) is 2. The van der Waals surface area contributed by atoms with E-state index < -0.39 is 19.3 Å². The van der Waals surface area contributed by atoms with E-state index in [1.165, 1.54) is 12.1 Å². The summed E-state index contributed by atoms with van der Waals surface area (Å²) >= 11 is 0. The van der Waals surface area contributed by atoms with Crippen LogP contribution in [-0.4, -0.2) is 20.1 Å². The minimum Gasteiger partial charge on any atom is -0.465 e. The minimum absolute atomic E-state index is 0. The number of hydrogen-bond donors (Lipinski definition) is 0. The number of aryl methyl sites for hydroxylation is 1. The van der Waals surface area contributed by atoms with Gasteiger partial charge in [0.05, 0.1) is 12.7 Å². The molecule has 0 saturated carbocycles. The zero-order valence-corrected chi connectivity index (χ0v) is 13.1. The van der Waals surface area contributed by atoms with Crippen LogP contribution in [0.1, 0.15) is 21.5 Å². The van der Waals surface area contributed by atoms with Crippen LogP contribution >= 0.6 is 0 Å². The van der Waals surface area contributed by atoms with Gasteiger partial charge in [-0.15, -0.1) is 0 Å². The molecular formula is C10H11BF3KO2. The average molecular weight is 270 g/mol. The van der Waals surface area contributed by atoms with Gasteiger partial charge in [-0.1, -0.05) is 29.6 Å². The van der Waals surface area contributed by atoms with Gasteiger partial charge in [0, 0.05) is 0 Å². The Bertz CT molecular complexity index is 407. The van der Waals surface area contributed by atoms with Crippen LogP contribution in [0.4, 0.5) is 12.9 Å². The normalized spacial score (nSPS) is 10.6. The van der Waals surface area contributed by atoms with E-state index in [9.17, 15) is 17.7 Å². The molecule has 0 N–H and O–H groups in total. The monoisotopic (exact) mass is 270 g/mol. The number of rotatable bonds is 3. The summed E-state index contributed by atoms with van der Waals surface area (Å²) in [6.45, 7) is -3.28. The molecule has 17 heavy (non-hydrogen) atoms. The number of benzene rings is 1. The van der Waals surface area contributed by atoms with Crippen molar-refractivity contribution >= 4 is 12.9 Å². The Hall–Kier alpha value is 0.181. The molecule has 0 atom stereocenters. The average Bonchev–Trinajstić information content (AvgIpc) is 2.14. The van der Waals surface area contributed by atoms with Crippen LogP contribution in [0.15, 0.2) is 18.2 Å². The van der Waals surface area contributed by atoms with Gasteiger partial charge in [0.15, 0.2) is 0 Å².